The number of rotatable bonds is 4. The third-order valence-electron chi connectivity index (χ3n) is 3.96. The highest BCUT2D eigenvalue weighted by atomic mass is 32.1. The number of hydrogen-bond donors (Lipinski definition) is 0. The van der Waals surface area contributed by atoms with Crippen molar-refractivity contribution in [3.8, 4) is 0 Å². The van der Waals surface area contributed by atoms with Gasteiger partial charge in [0.25, 0.3) is 0 Å². The zero-order valence-corrected chi connectivity index (χ0v) is 13.4. The van der Waals surface area contributed by atoms with Crippen LogP contribution in [-0.2, 0) is 11.3 Å². The van der Waals surface area contributed by atoms with E-state index in [-0.39, 0.29) is 11.9 Å². The van der Waals surface area contributed by atoms with Crippen LogP contribution in [0.25, 0.3) is 0 Å². The lowest BCUT2D eigenvalue weighted by Crippen LogP contribution is -2.39. The molecule has 2 aromatic rings. The molecule has 2 aromatic heterocycles. The molecule has 1 aliphatic rings. The highest BCUT2D eigenvalue weighted by Gasteiger charge is 2.24. The molecule has 0 radical (unpaired) electrons. The minimum atomic E-state index is -0.299. The molecule has 0 unspecified atom stereocenters. The molecule has 8 heteroatoms. The van der Waals surface area contributed by atoms with Gasteiger partial charge in [0.05, 0.1) is 11.2 Å². The highest BCUT2D eigenvalue weighted by molar-refractivity contribution is 7.07. The molecule has 0 N–H and O–H groups in total. The highest BCUT2D eigenvalue weighted by Crippen LogP contribution is 2.13. The van der Waals surface area contributed by atoms with Crippen LogP contribution in [0.5, 0.6) is 0 Å². The van der Waals surface area contributed by atoms with Gasteiger partial charge in [-0.25, -0.2) is 14.6 Å². The van der Waals surface area contributed by atoms with E-state index < -0.39 is 0 Å². The van der Waals surface area contributed by atoms with Gasteiger partial charge in [0.2, 0.25) is 5.91 Å². The molecule has 0 spiro atoms. The van der Waals surface area contributed by atoms with E-state index in [1.807, 2.05) is 17.3 Å². The summed E-state index contributed by atoms with van der Waals surface area (Å²) in [5, 5.41) is 6.14. The molecule has 1 saturated heterocycles. The minimum absolute atomic E-state index is 0.112. The van der Waals surface area contributed by atoms with Crippen molar-refractivity contribution >= 4 is 17.2 Å². The number of amides is 1. The van der Waals surface area contributed by atoms with Crippen LogP contribution in [0.1, 0.15) is 25.1 Å². The molecule has 1 fully saturated rings. The normalized spacial score (nSPS) is 18.1. The van der Waals surface area contributed by atoms with E-state index >= 15 is 0 Å². The van der Waals surface area contributed by atoms with Crippen LogP contribution < -0.4 is 0 Å². The Morgan fingerprint density at radius 1 is 1.36 bits per heavy atom. The Labute approximate surface area is 133 Å². The topological polar surface area (TPSA) is 67.2 Å². The Balaban J connectivity index is 1.56. The summed E-state index contributed by atoms with van der Waals surface area (Å²) in [5.41, 5.74) is 2.98. The second kappa shape index (κ2) is 6.97. The Hall–Kier alpha value is -1.80. The summed E-state index contributed by atoms with van der Waals surface area (Å²) in [6, 6.07) is -0.299. The van der Waals surface area contributed by atoms with Gasteiger partial charge in [-0.1, -0.05) is 0 Å². The second-order valence-electron chi connectivity index (χ2n) is 5.49. The molecule has 0 aromatic carbocycles. The van der Waals surface area contributed by atoms with Gasteiger partial charge in [0.15, 0.2) is 0 Å². The quantitative estimate of drug-likeness (QED) is 0.842. The standard InChI is InChI=1S/C14H20N6OS/c1-12(20-10-15-9-17-20)14(21)19-4-2-3-18(5-6-19)7-13-8-22-11-16-13/h8-12H,2-7H2,1H3/t12-/m1/s1. The van der Waals surface area contributed by atoms with E-state index in [4.69, 9.17) is 0 Å². The van der Waals surface area contributed by atoms with Gasteiger partial charge in [-0.05, 0) is 13.3 Å². The number of thiazole rings is 1. The van der Waals surface area contributed by atoms with Crippen molar-refractivity contribution in [1.29, 1.82) is 0 Å². The largest absolute Gasteiger partial charge is 0.340 e. The van der Waals surface area contributed by atoms with Crippen molar-refractivity contribution < 1.29 is 4.79 Å². The van der Waals surface area contributed by atoms with Gasteiger partial charge in [0, 0.05) is 38.1 Å². The fourth-order valence-electron chi connectivity index (χ4n) is 2.69. The summed E-state index contributed by atoms with van der Waals surface area (Å²) in [4.78, 5) is 25.1. The average molecular weight is 320 g/mol. The van der Waals surface area contributed by atoms with Crippen molar-refractivity contribution in [2.45, 2.75) is 25.9 Å². The molecule has 0 aliphatic carbocycles. The molecule has 1 aliphatic heterocycles. The first kappa shape index (κ1) is 15.1. The summed E-state index contributed by atoms with van der Waals surface area (Å²) in [6.07, 6.45) is 4.04. The predicted octanol–water partition coefficient (Wildman–Crippen LogP) is 1.03. The van der Waals surface area contributed by atoms with Crippen LogP contribution >= 0.6 is 11.3 Å². The zero-order valence-electron chi connectivity index (χ0n) is 12.6. The Kier molecular flexibility index (Phi) is 4.79. The van der Waals surface area contributed by atoms with Crippen LogP contribution in [0.2, 0.25) is 0 Å². The summed E-state index contributed by atoms with van der Waals surface area (Å²) >= 11 is 1.62. The summed E-state index contributed by atoms with van der Waals surface area (Å²) in [5.74, 6) is 0.112. The number of hydrogen-bond acceptors (Lipinski definition) is 6. The molecule has 22 heavy (non-hydrogen) atoms. The van der Waals surface area contributed by atoms with Gasteiger partial charge >= 0.3 is 0 Å². The molecular formula is C14H20N6OS. The third kappa shape index (κ3) is 3.50. The Morgan fingerprint density at radius 2 is 2.27 bits per heavy atom. The lowest BCUT2D eigenvalue weighted by atomic mass is 10.2. The lowest BCUT2D eigenvalue weighted by Gasteiger charge is -2.24. The van der Waals surface area contributed by atoms with Gasteiger partial charge in [-0.2, -0.15) is 5.10 Å². The van der Waals surface area contributed by atoms with E-state index in [9.17, 15) is 4.79 Å². The van der Waals surface area contributed by atoms with Gasteiger partial charge in [-0.15, -0.1) is 11.3 Å². The molecule has 3 heterocycles. The summed E-state index contributed by atoms with van der Waals surface area (Å²) in [6.45, 7) is 6.17. The molecule has 7 nitrogen and oxygen atoms in total. The minimum Gasteiger partial charge on any atom is -0.340 e. The van der Waals surface area contributed by atoms with Crippen LogP contribution in [0.3, 0.4) is 0 Å². The van der Waals surface area contributed by atoms with E-state index in [1.165, 1.54) is 6.33 Å². The molecule has 3 rings (SSSR count). The maximum absolute atomic E-state index is 12.6. The number of carbonyl (C=O) groups is 1. The van der Waals surface area contributed by atoms with Crippen LogP contribution in [0, 0.1) is 0 Å². The van der Waals surface area contributed by atoms with Crippen molar-refractivity contribution in [2.24, 2.45) is 0 Å². The lowest BCUT2D eigenvalue weighted by molar-refractivity contribution is -0.134. The van der Waals surface area contributed by atoms with Crippen molar-refractivity contribution in [3.05, 3.63) is 29.2 Å². The summed E-state index contributed by atoms with van der Waals surface area (Å²) < 4.78 is 1.61. The van der Waals surface area contributed by atoms with Crippen molar-refractivity contribution in [3.63, 3.8) is 0 Å². The van der Waals surface area contributed by atoms with E-state index in [2.05, 4.69) is 25.3 Å². The second-order valence-corrected chi connectivity index (χ2v) is 6.20. The first-order valence-corrected chi connectivity index (χ1v) is 8.40. The zero-order chi connectivity index (χ0) is 15.4. The number of aromatic nitrogens is 4. The Morgan fingerprint density at radius 3 is 3.00 bits per heavy atom. The third-order valence-corrected chi connectivity index (χ3v) is 4.60. The van der Waals surface area contributed by atoms with Crippen LogP contribution in [-0.4, -0.2) is 61.6 Å². The van der Waals surface area contributed by atoms with Crippen molar-refractivity contribution in [1.82, 2.24) is 29.5 Å². The molecule has 1 atom stereocenters. The van der Waals surface area contributed by atoms with E-state index in [0.717, 1.165) is 44.8 Å². The first-order valence-electron chi connectivity index (χ1n) is 7.46. The molecule has 0 saturated carbocycles. The van der Waals surface area contributed by atoms with E-state index in [0.29, 0.717) is 0 Å². The fraction of sp³-hybridized carbons (Fsp3) is 0.571. The van der Waals surface area contributed by atoms with Crippen molar-refractivity contribution in [2.75, 3.05) is 26.2 Å². The average Bonchev–Trinajstić information content (AvgIpc) is 3.18. The van der Waals surface area contributed by atoms with Crippen LogP contribution in [0.15, 0.2) is 23.5 Å². The van der Waals surface area contributed by atoms with Gasteiger partial charge < -0.3 is 4.90 Å². The number of nitrogens with zero attached hydrogens (tertiary/aromatic N) is 6. The summed E-state index contributed by atoms with van der Waals surface area (Å²) in [7, 11) is 0. The predicted molar refractivity (Wildman–Crippen MR) is 83.3 cm³/mol. The molecule has 1 amide bonds. The molecule has 0 bridgehead atoms. The first-order chi connectivity index (χ1) is 10.7. The monoisotopic (exact) mass is 320 g/mol. The van der Waals surface area contributed by atoms with Gasteiger partial charge in [0.1, 0.15) is 18.7 Å². The van der Waals surface area contributed by atoms with E-state index in [1.54, 1.807) is 22.3 Å². The maximum Gasteiger partial charge on any atom is 0.247 e. The van der Waals surface area contributed by atoms with Crippen LogP contribution in [0.4, 0.5) is 0 Å². The maximum atomic E-state index is 12.6. The van der Waals surface area contributed by atoms with Gasteiger partial charge in [-0.3, -0.25) is 9.69 Å². The molecular weight excluding hydrogens is 300 g/mol. The smallest absolute Gasteiger partial charge is 0.247 e. The number of carbonyl (C=O) groups excluding carboxylic acids is 1. The Bertz CT molecular complexity index is 585. The SMILES string of the molecule is C[C@H](C(=O)N1CCCN(Cc2cscn2)CC1)n1cncn1. The fourth-order valence-corrected chi connectivity index (χ4v) is 3.24. The molecule has 118 valence electrons.